The van der Waals surface area contributed by atoms with Gasteiger partial charge in [0.1, 0.15) is 12.4 Å². The third kappa shape index (κ3) is 4.40. The highest BCUT2D eigenvalue weighted by molar-refractivity contribution is 6.35. The molecule has 2 N–H and O–H groups in total. The van der Waals surface area contributed by atoms with E-state index in [0.29, 0.717) is 35.4 Å². The van der Waals surface area contributed by atoms with Gasteiger partial charge in [-0.15, -0.1) is 0 Å². The maximum atomic E-state index is 6.09. The van der Waals surface area contributed by atoms with Crippen LogP contribution in [0.3, 0.4) is 0 Å². The lowest BCUT2D eigenvalue weighted by Gasteiger charge is -2.13. The van der Waals surface area contributed by atoms with Gasteiger partial charge in [0.15, 0.2) is 0 Å². The molecule has 1 aromatic carbocycles. The molecule has 2 nitrogen and oxygen atoms in total. The van der Waals surface area contributed by atoms with Crippen molar-refractivity contribution in [2.75, 3.05) is 13.2 Å². The van der Waals surface area contributed by atoms with Gasteiger partial charge in [0.05, 0.1) is 5.02 Å². The Morgan fingerprint density at radius 2 is 2.12 bits per heavy atom. The third-order valence-corrected chi connectivity index (χ3v) is 3.00. The first-order valence-electron chi connectivity index (χ1n) is 5.15. The normalized spacial score (nSPS) is 11.7. The Kier molecular flexibility index (Phi) is 6.14. The summed E-state index contributed by atoms with van der Waals surface area (Å²) in [7, 11) is 0. The van der Waals surface area contributed by atoms with Crippen molar-refractivity contribution in [3.8, 4) is 5.75 Å². The first kappa shape index (κ1) is 14.7. The molecule has 0 aliphatic heterocycles. The van der Waals surface area contributed by atoms with E-state index in [0.717, 1.165) is 11.1 Å². The van der Waals surface area contributed by atoms with Crippen LogP contribution in [0.15, 0.2) is 23.2 Å². The number of hydrogen-bond acceptors (Lipinski definition) is 2. The smallest absolute Gasteiger partial charge is 0.141 e. The molecule has 0 fully saturated rings. The van der Waals surface area contributed by atoms with Crippen molar-refractivity contribution in [3.05, 3.63) is 38.8 Å². The molecule has 0 atom stereocenters. The summed E-state index contributed by atoms with van der Waals surface area (Å²) in [5.74, 6) is 0.624. The molecule has 17 heavy (non-hydrogen) atoms. The number of halogens is 3. The Morgan fingerprint density at radius 1 is 1.41 bits per heavy atom. The molecule has 0 aliphatic carbocycles. The molecule has 1 aromatic rings. The van der Waals surface area contributed by atoms with E-state index >= 15 is 0 Å². The Bertz CT molecular complexity index is 418. The summed E-state index contributed by atoms with van der Waals surface area (Å²) in [5, 5.41) is 1.07. The van der Waals surface area contributed by atoms with Gasteiger partial charge in [-0.25, -0.2) is 0 Å². The van der Waals surface area contributed by atoms with E-state index in [9.17, 15) is 0 Å². The van der Waals surface area contributed by atoms with Crippen LogP contribution in [-0.4, -0.2) is 13.2 Å². The van der Waals surface area contributed by atoms with E-state index in [4.69, 9.17) is 45.3 Å². The van der Waals surface area contributed by atoms with Crippen LogP contribution in [0.25, 0.3) is 0 Å². The minimum absolute atomic E-state index is 0.391. The maximum Gasteiger partial charge on any atom is 0.141 e. The highest BCUT2D eigenvalue weighted by Crippen LogP contribution is 2.33. The molecule has 0 heterocycles. The number of hydrogen-bond donors (Lipinski definition) is 1. The Morgan fingerprint density at radius 3 is 2.71 bits per heavy atom. The van der Waals surface area contributed by atoms with Crippen molar-refractivity contribution in [1.29, 1.82) is 0 Å². The van der Waals surface area contributed by atoms with E-state index in [1.165, 1.54) is 5.54 Å². The Balaban J connectivity index is 2.95. The minimum Gasteiger partial charge on any atom is -0.487 e. The van der Waals surface area contributed by atoms with Crippen molar-refractivity contribution in [2.24, 2.45) is 5.73 Å². The number of nitrogens with two attached hydrogens (primary N) is 1. The molecule has 0 aromatic heterocycles. The van der Waals surface area contributed by atoms with Gasteiger partial charge in [-0.2, -0.15) is 0 Å². The first-order valence-corrected chi connectivity index (χ1v) is 6.34. The van der Waals surface area contributed by atoms with E-state index in [1.54, 1.807) is 6.07 Å². The average molecular weight is 295 g/mol. The minimum atomic E-state index is 0.391. The van der Waals surface area contributed by atoms with Crippen LogP contribution in [0.5, 0.6) is 5.75 Å². The molecular weight excluding hydrogens is 280 g/mol. The predicted octanol–water partition coefficient (Wildman–Crippen LogP) is 4.02. The monoisotopic (exact) mass is 293 g/mol. The molecule has 0 saturated heterocycles. The van der Waals surface area contributed by atoms with Crippen LogP contribution in [0.2, 0.25) is 10.0 Å². The molecule has 0 aliphatic rings. The molecule has 0 spiro atoms. The van der Waals surface area contributed by atoms with Crippen LogP contribution in [0.4, 0.5) is 0 Å². The van der Waals surface area contributed by atoms with Crippen LogP contribution in [-0.2, 0) is 6.42 Å². The SMILES string of the molecule is CC(=CCl)COc1c(Cl)cc(Cl)cc1CCN. The fourth-order valence-corrected chi connectivity index (χ4v) is 1.99. The first-order chi connectivity index (χ1) is 8.08. The van der Waals surface area contributed by atoms with Gasteiger partial charge in [-0.3, -0.25) is 0 Å². The Labute approximate surface area is 116 Å². The van der Waals surface area contributed by atoms with Crippen molar-refractivity contribution in [3.63, 3.8) is 0 Å². The van der Waals surface area contributed by atoms with E-state index in [2.05, 4.69) is 0 Å². The largest absolute Gasteiger partial charge is 0.487 e. The van der Waals surface area contributed by atoms with Crippen molar-refractivity contribution in [2.45, 2.75) is 13.3 Å². The molecule has 5 heteroatoms. The predicted molar refractivity (Wildman–Crippen MR) is 74.3 cm³/mol. The number of rotatable bonds is 5. The summed E-state index contributed by atoms with van der Waals surface area (Å²) in [4.78, 5) is 0. The quantitative estimate of drug-likeness (QED) is 0.890. The van der Waals surface area contributed by atoms with Gasteiger partial charge >= 0.3 is 0 Å². The lowest BCUT2D eigenvalue weighted by molar-refractivity contribution is 0.349. The van der Waals surface area contributed by atoms with Crippen LogP contribution in [0.1, 0.15) is 12.5 Å². The van der Waals surface area contributed by atoms with E-state index in [-0.39, 0.29) is 0 Å². The second-order valence-electron chi connectivity index (χ2n) is 3.66. The molecule has 0 saturated carbocycles. The van der Waals surface area contributed by atoms with Gasteiger partial charge < -0.3 is 10.5 Å². The topological polar surface area (TPSA) is 35.2 Å². The van der Waals surface area contributed by atoms with Crippen LogP contribution >= 0.6 is 34.8 Å². The summed E-state index contributed by atoms with van der Waals surface area (Å²) < 4.78 is 5.63. The fourth-order valence-electron chi connectivity index (χ4n) is 1.33. The average Bonchev–Trinajstić information content (AvgIpc) is 2.27. The summed E-state index contributed by atoms with van der Waals surface area (Å²) >= 11 is 17.6. The summed E-state index contributed by atoms with van der Waals surface area (Å²) in [6, 6.07) is 3.47. The van der Waals surface area contributed by atoms with Gasteiger partial charge in [0.25, 0.3) is 0 Å². The summed E-state index contributed by atoms with van der Waals surface area (Å²) in [5.41, 5.74) is 8.84. The van der Waals surface area contributed by atoms with Crippen molar-refractivity contribution < 1.29 is 4.74 Å². The highest BCUT2D eigenvalue weighted by Gasteiger charge is 2.10. The van der Waals surface area contributed by atoms with Crippen LogP contribution in [0, 0.1) is 0 Å². The summed E-state index contributed by atoms with van der Waals surface area (Å²) in [6.07, 6.45) is 0.666. The van der Waals surface area contributed by atoms with Crippen LogP contribution < -0.4 is 10.5 Å². The highest BCUT2D eigenvalue weighted by atomic mass is 35.5. The standard InChI is InChI=1S/C12H14Cl3NO/c1-8(6-13)7-17-12-9(2-3-16)4-10(14)5-11(12)15/h4-6H,2-3,7,16H2,1H3. The zero-order chi connectivity index (χ0) is 12.8. The number of benzene rings is 1. The second kappa shape index (κ2) is 7.12. The lowest BCUT2D eigenvalue weighted by Crippen LogP contribution is -2.07. The maximum absolute atomic E-state index is 6.09. The second-order valence-corrected chi connectivity index (χ2v) is 4.72. The van der Waals surface area contributed by atoms with Crippen molar-refractivity contribution in [1.82, 2.24) is 0 Å². The van der Waals surface area contributed by atoms with E-state index < -0.39 is 0 Å². The third-order valence-electron chi connectivity index (χ3n) is 2.13. The fraction of sp³-hybridized carbons (Fsp3) is 0.333. The zero-order valence-corrected chi connectivity index (χ0v) is 11.7. The van der Waals surface area contributed by atoms with Gasteiger partial charge in [-0.05, 0) is 43.2 Å². The molecule has 1 rings (SSSR count). The molecule has 0 amide bonds. The van der Waals surface area contributed by atoms with E-state index in [1.807, 2.05) is 13.0 Å². The van der Waals surface area contributed by atoms with Gasteiger partial charge in [0, 0.05) is 10.6 Å². The number of ether oxygens (including phenoxy) is 1. The summed E-state index contributed by atoms with van der Waals surface area (Å²) in [6.45, 7) is 2.78. The lowest BCUT2D eigenvalue weighted by atomic mass is 10.1. The molecule has 0 bridgehead atoms. The zero-order valence-electron chi connectivity index (χ0n) is 9.47. The van der Waals surface area contributed by atoms with Gasteiger partial charge in [-0.1, -0.05) is 34.8 Å². The van der Waals surface area contributed by atoms with Gasteiger partial charge in [0.2, 0.25) is 0 Å². The molecule has 0 unspecified atom stereocenters. The molecule has 0 radical (unpaired) electrons. The molecule has 94 valence electrons. The van der Waals surface area contributed by atoms with Crippen molar-refractivity contribution >= 4 is 34.8 Å². The molecular formula is C12H14Cl3NO. The Hall–Kier alpha value is -0.410.